The lowest BCUT2D eigenvalue weighted by Gasteiger charge is -2.20. The molecule has 0 bridgehead atoms. The Balaban J connectivity index is 1.98. The summed E-state index contributed by atoms with van der Waals surface area (Å²) in [4.78, 5) is 23.0. The number of aromatic carboxylic acids is 1. The summed E-state index contributed by atoms with van der Waals surface area (Å²) in [5.41, 5.74) is 0.586. The van der Waals surface area contributed by atoms with Crippen molar-refractivity contribution in [2.45, 2.75) is 38.6 Å². The third-order valence-electron chi connectivity index (χ3n) is 3.93. The Bertz CT molecular complexity index is 542. The standard InChI is InChI=1S/C15H19BrN2O3/c1-9(10-4-2-3-5-10)17-15(21)18-13-8-11(14(19)20)6-7-12(13)16/h6-10H,2-5H2,1H3,(H,19,20)(H2,17,18,21). The number of carboxylic acids is 1. The Morgan fingerprint density at radius 1 is 1.33 bits per heavy atom. The lowest BCUT2D eigenvalue weighted by molar-refractivity contribution is 0.0697. The molecular weight excluding hydrogens is 336 g/mol. The molecule has 0 saturated heterocycles. The minimum Gasteiger partial charge on any atom is -0.478 e. The van der Waals surface area contributed by atoms with Gasteiger partial charge in [-0.3, -0.25) is 0 Å². The van der Waals surface area contributed by atoms with Gasteiger partial charge in [0.1, 0.15) is 0 Å². The number of benzene rings is 1. The number of amides is 2. The van der Waals surface area contributed by atoms with E-state index in [1.54, 1.807) is 6.07 Å². The van der Waals surface area contributed by atoms with Gasteiger partial charge in [0.25, 0.3) is 0 Å². The quantitative estimate of drug-likeness (QED) is 0.768. The maximum atomic E-state index is 12.0. The van der Waals surface area contributed by atoms with Crippen LogP contribution in [0.3, 0.4) is 0 Å². The van der Waals surface area contributed by atoms with Crippen LogP contribution in [0.15, 0.2) is 22.7 Å². The Morgan fingerprint density at radius 2 is 2.00 bits per heavy atom. The van der Waals surface area contributed by atoms with E-state index in [9.17, 15) is 9.59 Å². The molecule has 1 atom stereocenters. The van der Waals surface area contributed by atoms with Gasteiger partial charge < -0.3 is 15.7 Å². The summed E-state index contributed by atoms with van der Waals surface area (Å²) in [5, 5.41) is 14.6. The lowest BCUT2D eigenvalue weighted by Crippen LogP contribution is -2.40. The first-order valence-electron chi connectivity index (χ1n) is 7.07. The summed E-state index contributed by atoms with van der Waals surface area (Å²) in [7, 11) is 0. The summed E-state index contributed by atoms with van der Waals surface area (Å²) >= 11 is 3.31. The van der Waals surface area contributed by atoms with Gasteiger partial charge in [-0.2, -0.15) is 0 Å². The average molecular weight is 355 g/mol. The Kier molecular flexibility index (Phi) is 5.22. The number of hydrogen-bond donors (Lipinski definition) is 3. The van der Waals surface area contributed by atoms with Gasteiger partial charge in [0.2, 0.25) is 0 Å². The van der Waals surface area contributed by atoms with E-state index >= 15 is 0 Å². The zero-order valence-corrected chi connectivity index (χ0v) is 13.4. The van der Waals surface area contributed by atoms with Gasteiger partial charge in [-0.15, -0.1) is 0 Å². The molecule has 2 rings (SSSR count). The molecule has 1 aromatic rings. The molecule has 6 heteroatoms. The zero-order chi connectivity index (χ0) is 15.4. The van der Waals surface area contributed by atoms with Gasteiger partial charge in [0.15, 0.2) is 0 Å². The van der Waals surface area contributed by atoms with Crippen molar-refractivity contribution in [3.8, 4) is 0 Å². The van der Waals surface area contributed by atoms with Gasteiger partial charge in [0, 0.05) is 10.5 Å². The highest BCUT2D eigenvalue weighted by Gasteiger charge is 2.23. The van der Waals surface area contributed by atoms with E-state index < -0.39 is 5.97 Å². The van der Waals surface area contributed by atoms with Crippen LogP contribution in [-0.4, -0.2) is 23.1 Å². The van der Waals surface area contributed by atoms with E-state index in [0.29, 0.717) is 16.1 Å². The minimum absolute atomic E-state index is 0.119. The van der Waals surface area contributed by atoms with E-state index in [2.05, 4.69) is 26.6 Å². The first-order chi connectivity index (χ1) is 9.97. The van der Waals surface area contributed by atoms with Crippen LogP contribution in [0.1, 0.15) is 43.0 Å². The third-order valence-corrected chi connectivity index (χ3v) is 4.62. The molecule has 5 nitrogen and oxygen atoms in total. The number of halogens is 1. The second kappa shape index (κ2) is 6.93. The molecule has 1 aliphatic rings. The van der Waals surface area contributed by atoms with Gasteiger partial charge in [0.05, 0.1) is 11.3 Å². The van der Waals surface area contributed by atoms with Crippen molar-refractivity contribution in [3.05, 3.63) is 28.2 Å². The second-order valence-corrected chi connectivity index (χ2v) is 6.29. The fourth-order valence-electron chi connectivity index (χ4n) is 2.69. The smallest absolute Gasteiger partial charge is 0.335 e. The Labute approximate surface area is 132 Å². The van der Waals surface area contributed by atoms with Gasteiger partial charge in [-0.1, -0.05) is 12.8 Å². The fourth-order valence-corrected chi connectivity index (χ4v) is 3.04. The molecular formula is C15H19BrN2O3. The Hall–Kier alpha value is -1.56. The number of rotatable bonds is 4. The van der Waals surface area contributed by atoms with Crippen molar-refractivity contribution in [3.63, 3.8) is 0 Å². The molecule has 3 N–H and O–H groups in total. The normalized spacial score (nSPS) is 16.5. The predicted octanol–water partition coefficient (Wildman–Crippen LogP) is 3.85. The number of urea groups is 1. The van der Waals surface area contributed by atoms with Crippen LogP contribution in [0, 0.1) is 5.92 Å². The van der Waals surface area contributed by atoms with Crippen LogP contribution >= 0.6 is 15.9 Å². The largest absolute Gasteiger partial charge is 0.478 e. The van der Waals surface area contributed by atoms with Crippen LogP contribution in [0.25, 0.3) is 0 Å². The van der Waals surface area contributed by atoms with Crippen LogP contribution in [-0.2, 0) is 0 Å². The molecule has 114 valence electrons. The monoisotopic (exact) mass is 354 g/mol. The molecule has 2 amide bonds. The second-order valence-electron chi connectivity index (χ2n) is 5.43. The third kappa shape index (κ3) is 4.20. The minimum atomic E-state index is -1.02. The highest BCUT2D eigenvalue weighted by molar-refractivity contribution is 9.10. The molecule has 1 saturated carbocycles. The summed E-state index contributed by atoms with van der Waals surface area (Å²) in [5.74, 6) is -0.491. The molecule has 0 aliphatic heterocycles. The number of nitrogens with one attached hydrogen (secondary N) is 2. The molecule has 1 unspecified atom stereocenters. The molecule has 0 spiro atoms. The maximum absolute atomic E-state index is 12.0. The SMILES string of the molecule is CC(NC(=O)Nc1cc(C(=O)O)ccc1Br)C1CCCC1. The van der Waals surface area contributed by atoms with Crippen molar-refractivity contribution >= 4 is 33.6 Å². The number of hydrogen-bond acceptors (Lipinski definition) is 2. The maximum Gasteiger partial charge on any atom is 0.335 e. The average Bonchev–Trinajstić information content (AvgIpc) is 2.95. The number of carboxylic acid groups (broad SMARTS) is 1. The van der Waals surface area contributed by atoms with Crippen LogP contribution < -0.4 is 10.6 Å². The van der Waals surface area contributed by atoms with Gasteiger partial charge in [-0.05, 0) is 59.8 Å². The van der Waals surface area contributed by atoms with Crippen molar-refractivity contribution in [1.29, 1.82) is 0 Å². The first kappa shape index (κ1) is 15.8. The lowest BCUT2D eigenvalue weighted by atomic mass is 10.0. The highest BCUT2D eigenvalue weighted by Crippen LogP contribution is 2.28. The molecule has 1 aliphatic carbocycles. The van der Waals surface area contributed by atoms with Crippen molar-refractivity contribution in [2.75, 3.05) is 5.32 Å². The van der Waals surface area contributed by atoms with E-state index in [0.717, 1.165) is 12.8 Å². The summed E-state index contributed by atoms with van der Waals surface area (Å²) in [6.07, 6.45) is 4.76. The van der Waals surface area contributed by atoms with Crippen molar-refractivity contribution in [1.82, 2.24) is 5.32 Å². The van der Waals surface area contributed by atoms with E-state index in [4.69, 9.17) is 5.11 Å². The summed E-state index contributed by atoms with van der Waals surface area (Å²) in [6.45, 7) is 2.01. The van der Waals surface area contributed by atoms with E-state index in [1.165, 1.54) is 25.0 Å². The van der Waals surface area contributed by atoms with Crippen LogP contribution in [0.2, 0.25) is 0 Å². The molecule has 1 aromatic carbocycles. The first-order valence-corrected chi connectivity index (χ1v) is 7.87. The van der Waals surface area contributed by atoms with Gasteiger partial charge >= 0.3 is 12.0 Å². The van der Waals surface area contributed by atoms with Gasteiger partial charge in [-0.25, -0.2) is 9.59 Å². The number of carbonyl (C=O) groups excluding carboxylic acids is 1. The fraction of sp³-hybridized carbons (Fsp3) is 0.467. The molecule has 0 heterocycles. The summed E-state index contributed by atoms with van der Waals surface area (Å²) < 4.78 is 0.649. The van der Waals surface area contributed by atoms with Crippen molar-refractivity contribution < 1.29 is 14.7 Å². The molecule has 21 heavy (non-hydrogen) atoms. The summed E-state index contributed by atoms with van der Waals surface area (Å²) in [6, 6.07) is 4.34. The topological polar surface area (TPSA) is 78.4 Å². The van der Waals surface area contributed by atoms with Crippen LogP contribution in [0.5, 0.6) is 0 Å². The Morgan fingerprint density at radius 3 is 2.62 bits per heavy atom. The molecule has 0 aromatic heterocycles. The predicted molar refractivity (Wildman–Crippen MR) is 84.7 cm³/mol. The van der Waals surface area contributed by atoms with Crippen molar-refractivity contribution in [2.24, 2.45) is 5.92 Å². The van der Waals surface area contributed by atoms with Crippen LogP contribution in [0.4, 0.5) is 10.5 Å². The van der Waals surface area contributed by atoms with E-state index in [-0.39, 0.29) is 17.6 Å². The van der Waals surface area contributed by atoms with E-state index in [1.807, 2.05) is 6.92 Å². The zero-order valence-electron chi connectivity index (χ0n) is 11.9. The number of anilines is 1. The highest BCUT2D eigenvalue weighted by atomic mass is 79.9. The molecule has 0 radical (unpaired) electrons. The number of carbonyl (C=O) groups is 2. The molecule has 1 fully saturated rings.